The molecule has 0 aromatic carbocycles. The molecule has 4 heteroatoms. The van der Waals surface area contributed by atoms with Crippen molar-refractivity contribution >= 4 is 11.3 Å². The predicted molar refractivity (Wildman–Crippen MR) is 65.7 cm³/mol. The quantitative estimate of drug-likeness (QED) is 0.867. The van der Waals surface area contributed by atoms with Crippen LogP contribution in [0.4, 0.5) is 0 Å². The van der Waals surface area contributed by atoms with Crippen molar-refractivity contribution in [2.24, 2.45) is 0 Å². The second-order valence-electron chi connectivity index (χ2n) is 3.80. The number of aromatic nitrogens is 1. The zero-order valence-electron chi connectivity index (χ0n) is 9.56. The summed E-state index contributed by atoms with van der Waals surface area (Å²) in [5.41, 5.74) is 3.05. The standard InChI is InChI=1S/C12H16N2OS/c1-9(11-4-3-7-15-11)13-6-5-12-10(2)14-8-16-12/h3-4,7-9,13H,5-6H2,1-2H3/t9-/m0/s1. The van der Waals surface area contributed by atoms with E-state index in [1.54, 1.807) is 17.6 Å². The average Bonchev–Trinajstić information content (AvgIpc) is 2.90. The Bertz CT molecular complexity index is 422. The molecule has 0 aliphatic rings. The summed E-state index contributed by atoms with van der Waals surface area (Å²) in [6.07, 6.45) is 2.74. The van der Waals surface area contributed by atoms with Crippen LogP contribution in [0.15, 0.2) is 28.3 Å². The minimum atomic E-state index is 0.267. The molecule has 0 fully saturated rings. The lowest BCUT2D eigenvalue weighted by Gasteiger charge is -2.10. The van der Waals surface area contributed by atoms with Crippen molar-refractivity contribution in [3.8, 4) is 0 Å². The Labute approximate surface area is 99.5 Å². The first-order valence-corrected chi connectivity index (χ1v) is 6.31. The highest BCUT2D eigenvalue weighted by molar-refractivity contribution is 7.09. The number of nitrogens with zero attached hydrogens (tertiary/aromatic N) is 1. The third-order valence-electron chi connectivity index (χ3n) is 2.62. The highest BCUT2D eigenvalue weighted by Crippen LogP contribution is 2.14. The van der Waals surface area contributed by atoms with Gasteiger partial charge in [0.2, 0.25) is 0 Å². The first kappa shape index (κ1) is 11.4. The van der Waals surface area contributed by atoms with E-state index in [9.17, 15) is 0 Å². The Hall–Kier alpha value is -1.13. The molecule has 3 nitrogen and oxygen atoms in total. The van der Waals surface area contributed by atoms with Crippen LogP contribution in [0.5, 0.6) is 0 Å². The van der Waals surface area contributed by atoms with E-state index >= 15 is 0 Å². The first-order chi connectivity index (χ1) is 7.77. The molecule has 2 heterocycles. The van der Waals surface area contributed by atoms with Crippen molar-refractivity contribution in [1.82, 2.24) is 10.3 Å². The Morgan fingerprint density at radius 1 is 1.56 bits per heavy atom. The Morgan fingerprint density at radius 2 is 2.44 bits per heavy atom. The van der Waals surface area contributed by atoms with E-state index in [0.29, 0.717) is 0 Å². The van der Waals surface area contributed by atoms with Gasteiger partial charge in [0, 0.05) is 11.4 Å². The maximum atomic E-state index is 5.33. The van der Waals surface area contributed by atoms with Gasteiger partial charge >= 0.3 is 0 Å². The highest BCUT2D eigenvalue weighted by Gasteiger charge is 2.07. The number of hydrogen-bond acceptors (Lipinski definition) is 4. The van der Waals surface area contributed by atoms with Crippen molar-refractivity contribution in [3.63, 3.8) is 0 Å². The van der Waals surface area contributed by atoms with E-state index in [1.807, 2.05) is 17.6 Å². The second-order valence-corrected chi connectivity index (χ2v) is 4.74. The Kier molecular flexibility index (Phi) is 3.74. The summed E-state index contributed by atoms with van der Waals surface area (Å²) in [5.74, 6) is 0.987. The molecule has 0 aliphatic heterocycles. The molecule has 0 saturated heterocycles. The normalized spacial score (nSPS) is 12.9. The summed E-state index contributed by atoms with van der Waals surface area (Å²) < 4.78 is 5.33. The molecule has 0 aliphatic carbocycles. The van der Waals surface area contributed by atoms with E-state index in [4.69, 9.17) is 4.42 Å². The maximum absolute atomic E-state index is 5.33. The van der Waals surface area contributed by atoms with Gasteiger partial charge in [-0.3, -0.25) is 0 Å². The fourth-order valence-corrected chi connectivity index (χ4v) is 2.39. The van der Waals surface area contributed by atoms with E-state index in [0.717, 1.165) is 24.4 Å². The number of thiazole rings is 1. The van der Waals surface area contributed by atoms with E-state index < -0.39 is 0 Å². The fraction of sp³-hybridized carbons (Fsp3) is 0.417. The summed E-state index contributed by atoms with van der Waals surface area (Å²) in [7, 11) is 0. The summed E-state index contributed by atoms with van der Waals surface area (Å²) in [4.78, 5) is 5.60. The smallest absolute Gasteiger partial charge is 0.120 e. The lowest BCUT2D eigenvalue weighted by atomic mass is 10.2. The van der Waals surface area contributed by atoms with Gasteiger partial charge in [0.05, 0.1) is 23.5 Å². The van der Waals surface area contributed by atoms with Gasteiger partial charge in [-0.2, -0.15) is 0 Å². The number of rotatable bonds is 5. The zero-order valence-corrected chi connectivity index (χ0v) is 10.4. The number of furan rings is 1. The van der Waals surface area contributed by atoms with Gasteiger partial charge in [0.1, 0.15) is 5.76 Å². The van der Waals surface area contributed by atoms with Crippen molar-refractivity contribution in [1.29, 1.82) is 0 Å². The van der Waals surface area contributed by atoms with Crippen LogP contribution in [0, 0.1) is 6.92 Å². The number of aryl methyl sites for hydroxylation is 1. The molecule has 86 valence electrons. The molecule has 1 N–H and O–H groups in total. The lowest BCUT2D eigenvalue weighted by molar-refractivity contribution is 0.433. The van der Waals surface area contributed by atoms with Crippen molar-refractivity contribution in [3.05, 3.63) is 40.2 Å². The fourth-order valence-electron chi connectivity index (χ4n) is 1.61. The predicted octanol–water partition coefficient (Wildman–Crippen LogP) is 2.94. The molecule has 0 spiro atoms. The van der Waals surface area contributed by atoms with Gasteiger partial charge < -0.3 is 9.73 Å². The molecule has 0 radical (unpaired) electrons. The van der Waals surface area contributed by atoms with Crippen LogP contribution in [0.1, 0.15) is 29.3 Å². The molecule has 0 bridgehead atoms. The molecule has 1 atom stereocenters. The largest absolute Gasteiger partial charge is 0.468 e. The van der Waals surface area contributed by atoms with Gasteiger partial charge in [-0.25, -0.2) is 4.98 Å². The van der Waals surface area contributed by atoms with Crippen LogP contribution in [-0.2, 0) is 6.42 Å². The van der Waals surface area contributed by atoms with Gasteiger partial charge in [-0.05, 0) is 32.4 Å². The highest BCUT2D eigenvalue weighted by atomic mass is 32.1. The summed E-state index contributed by atoms with van der Waals surface area (Å²) in [6, 6.07) is 4.18. The third kappa shape index (κ3) is 2.71. The Morgan fingerprint density at radius 3 is 3.06 bits per heavy atom. The van der Waals surface area contributed by atoms with Crippen LogP contribution < -0.4 is 5.32 Å². The van der Waals surface area contributed by atoms with Gasteiger partial charge in [0.25, 0.3) is 0 Å². The van der Waals surface area contributed by atoms with Crippen LogP contribution in [-0.4, -0.2) is 11.5 Å². The van der Waals surface area contributed by atoms with Crippen LogP contribution in [0.3, 0.4) is 0 Å². The minimum Gasteiger partial charge on any atom is -0.468 e. The van der Waals surface area contributed by atoms with Crippen molar-refractivity contribution < 1.29 is 4.42 Å². The van der Waals surface area contributed by atoms with Crippen molar-refractivity contribution in [2.75, 3.05) is 6.54 Å². The topological polar surface area (TPSA) is 38.1 Å². The van der Waals surface area contributed by atoms with Gasteiger partial charge in [-0.1, -0.05) is 0 Å². The van der Waals surface area contributed by atoms with Gasteiger partial charge in [0.15, 0.2) is 0 Å². The van der Waals surface area contributed by atoms with E-state index in [1.165, 1.54) is 4.88 Å². The monoisotopic (exact) mass is 236 g/mol. The zero-order chi connectivity index (χ0) is 11.4. The summed E-state index contributed by atoms with van der Waals surface area (Å²) in [5, 5.41) is 3.44. The lowest BCUT2D eigenvalue weighted by Crippen LogP contribution is -2.20. The number of hydrogen-bond donors (Lipinski definition) is 1. The number of nitrogens with one attached hydrogen (secondary N) is 1. The second kappa shape index (κ2) is 5.27. The molecule has 16 heavy (non-hydrogen) atoms. The Balaban J connectivity index is 1.78. The molecule has 0 saturated carbocycles. The molecular weight excluding hydrogens is 220 g/mol. The van der Waals surface area contributed by atoms with Crippen molar-refractivity contribution in [2.45, 2.75) is 26.3 Å². The molecular formula is C12H16N2OS. The first-order valence-electron chi connectivity index (χ1n) is 5.43. The maximum Gasteiger partial charge on any atom is 0.120 e. The van der Waals surface area contributed by atoms with Gasteiger partial charge in [-0.15, -0.1) is 11.3 Å². The molecule has 2 rings (SSSR count). The van der Waals surface area contributed by atoms with E-state index in [2.05, 4.69) is 24.1 Å². The molecule has 2 aromatic rings. The van der Waals surface area contributed by atoms with Crippen LogP contribution >= 0.6 is 11.3 Å². The molecule has 2 aromatic heterocycles. The average molecular weight is 236 g/mol. The summed E-state index contributed by atoms with van der Waals surface area (Å²) >= 11 is 1.72. The van der Waals surface area contributed by atoms with E-state index in [-0.39, 0.29) is 6.04 Å². The minimum absolute atomic E-state index is 0.267. The van der Waals surface area contributed by atoms with Crippen LogP contribution in [0.25, 0.3) is 0 Å². The molecule has 0 amide bonds. The third-order valence-corrected chi connectivity index (χ3v) is 3.61. The van der Waals surface area contributed by atoms with Crippen LogP contribution in [0.2, 0.25) is 0 Å². The molecule has 0 unspecified atom stereocenters. The summed E-state index contributed by atoms with van der Waals surface area (Å²) in [6.45, 7) is 5.12. The SMILES string of the molecule is Cc1ncsc1CCN[C@@H](C)c1ccco1.